The highest BCUT2D eigenvalue weighted by Gasteiger charge is 2.49. The van der Waals surface area contributed by atoms with Crippen LogP contribution in [0.4, 0.5) is 5.82 Å². The molecule has 0 radical (unpaired) electrons. The lowest BCUT2D eigenvalue weighted by molar-refractivity contribution is -0.146. The molecule has 2 N–H and O–H groups in total. The van der Waals surface area contributed by atoms with Crippen LogP contribution in [-0.4, -0.2) is 52.8 Å². The van der Waals surface area contributed by atoms with Crippen LogP contribution in [0.25, 0.3) is 0 Å². The molecule has 1 aliphatic carbocycles. The van der Waals surface area contributed by atoms with Crippen molar-refractivity contribution in [3.63, 3.8) is 0 Å². The minimum atomic E-state index is -0.362. The largest absolute Gasteiger partial charge is 0.384 e. The van der Waals surface area contributed by atoms with E-state index in [1.807, 2.05) is 4.90 Å². The quantitative estimate of drug-likeness (QED) is 0.910. The molecule has 1 spiro atoms. The van der Waals surface area contributed by atoms with E-state index in [9.17, 15) is 9.59 Å². The van der Waals surface area contributed by atoms with Crippen molar-refractivity contribution < 1.29 is 9.59 Å². The van der Waals surface area contributed by atoms with Gasteiger partial charge in [-0.1, -0.05) is 6.42 Å². The standard InChI is InChI=1S/C19H26N4O2/c20-16-6-5-15(11-21-16)17(24)23-10-8-19(13-23)7-2-9-22(18(19)25)12-14-3-1-4-14/h5-6,11,14H,1-4,7-10,12-13H2,(H2,20,21)/t19-/m1/s1. The van der Waals surface area contributed by atoms with E-state index in [-0.39, 0.29) is 17.2 Å². The van der Waals surface area contributed by atoms with E-state index in [0.717, 1.165) is 32.4 Å². The van der Waals surface area contributed by atoms with E-state index in [2.05, 4.69) is 9.88 Å². The molecular formula is C19H26N4O2. The van der Waals surface area contributed by atoms with Crippen LogP contribution < -0.4 is 5.73 Å². The molecule has 3 fully saturated rings. The first-order valence-electron chi connectivity index (χ1n) is 9.38. The molecule has 6 nitrogen and oxygen atoms in total. The number of likely N-dealkylation sites (tertiary alicyclic amines) is 2. The van der Waals surface area contributed by atoms with Crippen LogP contribution in [0, 0.1) is 11.3 Å². The van der Waals surface area contributed by atoms with Gasteiger partial charge in [0.25, 0.3) is 5.91 Å². The molecule has 2 saturated heterocycles. The number of aromatic nitrogens is 1. The average molecular weight is 342 g/mol. The first-order chi connectivity index (χ1) is 12.1. The fraction of sp³-hybridized carbons (Fsp3) is 0.632. The predicted molar refractivity (Wildman–Crippen MR) is 94.8 cm³/mol. The maximum Gasteiger partial charge on any atom is 0.255 e. The number of nitrogens with two attached hydrogens (primary N) is 1. The smallest absolute Gasteiger partial charge is 0.255 e. The number of nitrogen functional groups attached to an aromatic ring is 1. The summed E-state index contributed by atoms with van der Waals surface area (Å²) in [4.78, 5) is 33.8. The Morgan fingerprint density at radius 1 is 1.24 bits per heavy atom. The van der Waals surface area contributed by atoms with Crippen molar-refractivity contribution in [1.29, 1.82) is 0 Å². The van der Waals surface area contributed by atoms with Gasteiger partial charge in [-0.3, -0.25) is 9.59 Å². The highest BCUT2D eigenvalue weighted by molar-refractivity contribution is 5.95. The first-order valence-corrected chi connectivity index (χ1v) is 9.38. The summed E-state index contributed by atoms with van der Waals surface area (Å²) in [5.41, 5.74) is 5.78. The maximum absolute atomic E-state index is 13.1. The summed E-state index contributed by atoms with van der Waals surface area (Å²) >= 11 is 0. The summed E-state index contributed by atoms with van der Waals surface area (Å²) in [5.74, 6) is 1.33. The van der Waals surface area contributed by atoms with Crippen molar-refractivity contribution in [2.45, 2.75) is 38.5 Å². The van der Waals surface area contributed by atoms with Crippen molar-refractivity contribution in [3.05, 3.63) is 23.9 Å². The molecule has 6 heteroatoms. The van der Waals surface area contributed by atoms with E-state index < -0.39 is 0 Å². The summed E-state index contributed by atoms with van der Waals surface area (Å²) in [7, 11) is 0. The number of rotatable bonds is 3. The van der Waals surface area contributed by atoms with Gasteiger partial charge in [0, 0.05) is 32.4 Å². The Balaban J connectivity index is 1.45. The lowest BCUT2D eigenvalue weighted by atomic mass is 9.77. The number of anilines is 1. The van der Waals surface area contributed by atoms with Crippen molar-refractivity contribution in [2.24, 2.45) is 11.3 Å². The molecule has 4 rings (SSSR count). The Morgan fingerprint density at radius 2 is 2.08 bits per heavy atom. The molecule has 0 aromatic carbocycles. The summed E-state index contributed by atoms with van der Waals surface area (Å²) in [6, 6.07) is 3.35. The molecule has 1 atom stereocenters. The predicted octanol–water partition coefficient (Wildman–Crippen LogP) is 1.92. The Morgan fingerprint density at radius 3 is 2.76 bits per heavy atom. The van der Waals surface area contributed by atoms with Crippen molar-refractivity contribution in [3.8, 4) is 0 Å². The van der Waals surface area contributed by atoms with Crippen LogP contribution in [0.5, 0.6) is 0 Å². The summed E-state index contributed by atoms with van der Waals surface area (Å²) < 4.78 is 0. The Bertz CT molecular complexity index is 671. The van der Waals surface area contributed by atoms with Crippen molar-refractivity contribution in [2.75, 3.05) is 31.9 Å². The van der Waals surface area contributed by atoms with Gasteiger partial charge in [0.1, 0.15) is 5.82 Å². The van der Waals surface area contributed by atoms with Crippen LogP contribution in [0.3, 0.4) is 0 Å². The fourth-order valence-electron chi connectivity index (χ4n) is 4.45. The number of piperidine rings is 1. The molecule has 3 heterocycles. The minimum absolute atomic E-state index is 0.0479. The number of amides is 2. The normalized spacial score (nSPS) is 27.0. The van der Waals surface area contributed by atoms with Gasteiger partial charge in [-0.15, -0.1) is 0 Å². The molecular weight excluding hydrogens is 316 g/mol. The fourth-order valence-corrected chi connectivity index (χ4v) is 4.45. The number of hydrogen-bond acceptors (Lipinski definition) is 4. The molecule has 1 saturated carbocycles. The van der Waals surface area contributed by atoms with Gasteiger partial charge in [-0.05, 0) is 50.2 Å². The number of hydrogen-bond donors (Lipinski definition) is 1. The van der Waals surface area contributed by atoms with E-state index in [0.29, 0.717) is 30.4 Å². The minimum Gasteiger partial charge on any atom is -0.384 e. The van der Waals surface area contributed by atoms with E-state index in [4.69, 9.17) is 5.73 Å². The van der Waals surface area contributed by atoms with Gasteiger partial charge in [-0.25, -0.2) is 4.98 Å². The van der Waals surface area contributed by atoms with Gasteiger partial charge in [0.2, 0.25) is 5.91 Å². The molecule has 25 heavy (non-hydrogen) atoms. The number of nitrogens with zero attached hydrogens (tertiary/aromatic N) is 3. The third kappa shape index (κ3) is 2.98. The Labute approximate surface area is 148 Å². The topological polar surface area (TPSA) is 79.5 Å². The summed E-state index contributed by atoms with van der Waals surface area (Å²) in [6.45, 7) is 2.98. The van der Waals surface area contributed by atoms with Crippen LogP contribution in [0.15, 0.2) is 18.3 Å². The molecule has 1 aromatic rings. The zero-order valence-corrected chi connectivity index (χ0v) is 14.6. The molecule has 0 bridgehead atoms. The third-order valence-electron chi connectivity index (χ3n) is 6.20. The van der Waals surface area contributed by atoms with Gasteiger partial charge < -0.3 is 15.5 Å². The summed E-state index contributed by atoms with van der Waals surface area (Å²) in [5, 5.41) is 0. The van der Waals surface area contributed by atoms with Crippen LogP contribution in [-0.2, 0) is 4.79 Å². The number of carbonyl (C=O) groups is 2. The van der Waals surface area contributed by atoms with Crippen LogP contribution in [0.2, 0.25) is 0 Å². The van der Waals surface area contributed by atoms with Gasteiger partial charge in [0.15, 0.2) is 0 Å². The third-order valence-corrected chi connectivity index (χ3v) is 6.20. The molecule has 3 aliphatic rings. The molecule has 134 valence electrons. The number of carbonyl (C=O) groups excluding carboxylic acids is 2. The van der Waals surface area contributed by atoms with Gasteiger partial charge >= 0.3 is 0 Å². The first kappa shape index (κ1) is 16.4. The van der Waals surface area contributed by atoms with Crippen molar-refractivity contribution in [1.82, 2.24) is 14.8 Å². The Kier molecular flexibility index (Phi) is 4.13. The molecule has 2 amide bonds. The molecule has 1 aromatic heterocycles. The van der Waals surface area contributed by atoms with E-state index >= 15 is 0 Å². The Hall–Kier alpha value is -2.11. The van der Waals surface area contributed by atoms with Crippen LogP contribution in [0.1, 0.15) is 48.9 Å². The summed E-state index contributed by atoms with van der Waals surface area (Å²) in [6.07, 6.45) is 8.06. The lowest BCUT2D eigenvalue weighted by Crippen LogP contribution is -2.52. The zero-order valence-electron chi connectivity index (χ0n) is 14.6. The maximum atomic E-state index is 13.1. The van der Waals surface area contributed by atoms with Gasteiger partial charge in [0.05, 0.1) is 11.0 Å². The van der Waals surface area contributed by atoms with E-state index in [1.54, 1.807) is 12.1 Å². The molecule has 0 unspecified atom stereocenters. The highest BCUT2D eigenvalue weighted by atomic mass is 16.2. The van der Waals surface area contributed by atoms with Crippen LogP contribution >= 0.6 is 0 Å². The zero-order chi connectivity index (χ0) is 17.4. The highest BCUT2D eigenvalue weighted by Crippen LogP contribution is 2.41. The van der Waals surface area contributed by atoms with Gasteiger partial charge in [-0.2, -0.15) is 0 Å². The second-order valence-electron chi connectivity index (χ2n) is 7.88. The number of pyridine rings is 1. The monoisotopic (exact) mass is 342 g/mol. The second kappa shape index (κ2) is 6.32. The second-order valence-corrected chi connectivity index (χ2v) is 7.88. The lowest BCUT2D eigenvalue weighted by Gasteiger charge is -2.42. The van der Waals surface area contributed by atoms with E-state index in [1.165, 1.54) is 25.5 Å². The average Bonchev–Trinajstić information content (AvgIpc) is 3.00. The molecule has 2 aliphatic heterocycles. The SMILES string of the molecule is Nc1ccc(C(=O)N2CC[C@]3(CCCN(CC4CCC4)C3=O)C2)cn1. The van der Waals surface area contributed by atoms with Crippen molar-refractivity contribution >= 4 is 17.6 Å².